The van der Waals surface area contributed by atoms with Crippen molar-refractivity contribution >= 4 is 0 Å². The van der Waals surface area contributed by atoms with Crippen LogP contribution in [0.3, 0.4) is 0 Å². The average Bonchev–Trinajstić information content (AvgIpc) is 2.27. The van der Waals surface area contributed by atoms with Crippen LogP contribution in [0, 0.1) is 5.92 Å². The molecule has 0 radical (unpaired) electrons. The van der Waals surface area contributed by atoms with Crippen LogP contribution in [0.25, 0.3) is 0 Å². The summed E-state index contributed by atoms with van der Waals surface area (Å²) in [5.41, 5.74) is 2.31. The summed E-state index contributed by atoms with van der Waals surface area (Å²) in [5.74, 6) is 1.33. The maximum absolute atomic E-state index is 5.59. The number of para-hydroxylation sites is 1. The second-order valence-electron chi connectivity index (χ2n) is 4.04. The Hall–Kier alpha value is -1.28. The number of hydrogen-bond acceptors (Lipinski definition) is 2. The Morgan fingerprint density at radius 2 is 2.00 bits per heavy atom. The SMILES string of the molecule is COC1C(C(C)C)=COc2ccccc21. The monoisotopic (exact) mass is 204 g/mol. The summed E-state index contributed by atoms with van der Waals surface area (Å²) in [4.78, 5) is 0. The molecule has 1 aromatic rings. The van der Waals surface area contributed by atoms with E-state index in [0.717, 1.165) is 11.3 Å². The van der Waals surface area contributed by atoms with Crippen molar-refractivity contribution in [3.63, 3.8) is 0 Å². The maximum atomic E-state index is 5.59. The van der Waals surface area contributed by atoms with Gasteiger partial charge in [0.25, 0.3) is 0 Å². The predicted octanol–water partition coefficient (Wildman–Crippen LogP) is 3.31. The third kappa shape index (κ3) is 1.77. The van der Waals surface area contributed by atoms with Gasteiger partial charge in [0.05, 0.1) is 6.26 Å². The highest BCUT2D eigenvalue weighted by molar-refractivity contribution is 5.42. The summed E-state index contributed by atoms with van der Waals surface area (Å²) in [7, 11) is 1.74. The summed E-state index contributed by atoms with van der Waals surface area (Å²) >= 11 is 0. The lowest BCUT2D eigenvalue weighted by Gasteiger charge is -2.27. The van der Waals surface area contributed by atoms with E-state index in [0.29, 0.717) is 5.92 Å². The van der Waals surface area contributed by atoms with E-state index in [1.165, 1.54) is 5.57 Å². The lowest BCUT2D eigenvalue weighted by molar-refractivity contribution is 0.115. The second-order valence-corrected chi connectivity index (χ2v) is 4.04. The van der Waals surface area contributed by atoms with Gasteiger partial charge in [0.15, 0.2) is 0 Å². The van der Waals surface area contributed by atoms with Gasteiger partial charge in [0.1, 0.15) is 11.9 Å². The molecule has 0 bridgehead atoms. The van der Waals surface area contributed by atoms with Gasteiger partial charge in [0.2, 0.25) is 0 Å². The Morgan fingerprint density at radius 3 is 2.67 bits per heavy atom. The minimum atomic E-state index is 0.0370. The smallest absolute Gasteiger partial charge is 0.132 e. The number of fused-ring (bicyclic) bond motifs is 1. The zero-order valence-electron chi connectivity index (χ0n) is 9.36. The molecule has 1 aliphatic heterocycles. The van der Waals surface area contributed by atoms with Crippen molar-refractivity contribution < 1.29 is 9.47 Å². The Kier molecular flexibility index (Phi) is 2.78. The number of benzene rings is 1. The highest BCUT2D eigenvalue weighted by Crippen LogP contribution is 2.39. The Balaban J connectivity index is 2.41. The van der Waals surface area contributed by atoms with E-state index in [-0.39, 0.29) is 6.10 Å². The highest BCUT2D eigenvalue weighted by atomic mass is 16.5. The normalized spacial score (nSPS) is 19.5. The summed E-state index contributed by atoms with van der Waals surface area (Å²) in [5, 5.41) is 0. The van der Waals surface area contributed by atoms with Crippen LogP contribution < -0.4 is 4.74 Å². The number of methoxy groups -OCH3 is 1. The van der Waals surface area contributed by atoms with Crippen LogP contribution in [0.4, 0.5) is 0 Å². The van der Waals surface area contributed by atoms with Crippen LogP contribution in [0.15, 0.2) is 36.1 Å². The molecule has 1 aliphatic rings. The fraction of sp³-hybridized carbons (Fsp3) is 0.385. The molecule has 0 spiro atoms. The van der Waals surface area contributed by atoms with E-state index >= 15 is 0 Å². The van der Waals surface area contributed by atoms with Crippen LogP contribution in [0.5, 0.6) is 5.75 Å². The molecule has 0 amide bonds. The van der Waals surface area contributed by atoms with Gasteiger partial charge in [0, 0.05) is 18.2 Å². The molecule has 80 valence electrons. The zero-order valence-corrected chi connectivity index (χ0v) is 9.36. The van der Waals surface area contributed by atoms with Crippen LogP contribution in [0.2, 0.25) is 0 Å². The van der Waals surface area contributed by atoms with Gasteiger partial charge in [-0.25, -0.2) is 0 Å². The minimum absolute atomic E-state index is 0.0370. The van der Waals surface area contributed by atoms with Gasteiger partial charge >= 0.3 is 0 Å². The molecule has 0 N–H and O–H groups in total. The molecule has 0 fully saturated rings. The molecule has 1 aromatic carbocycles. The Bertz CT molecular complexity index is 380. The molecule has 0 saturated heterocycles. The van der Waals surface area contributed by atoms with E-state index in [1.807, 2.05) is 24.5 Å². The average molecular weight is 204 g/mol. The van der Waals surface area contributed by atoms with Crippen molar-refractivity contribution in [2.75, 3.05) is 7.11 Å². The minimum Gasteiger partial charge on any atom is -0.465 e. The van der Waals surface area contributed by atoms with E-state index in [2.05, 4.69) is 19.9 Å². The van der Waals surface area contributed by atoms with Crippen molar-refractivity contribution in [2.45, 2.75) is 20.0 Å². The highest BCUT2D eigenvalue weighted by Gasteiger charge is 2.25. The molecule has 1 unspecified atom stereocenters. The fourth-order valence-corrected chi connectivity index (χ4v) is 1.88. The molecule has 0 saturated carbocycles. The summed E-state index contributed by atoms with van der Waals surface area (Å²) in [6, 6.07) is 8.01. The molecular weight excluding hydrogens is 188 g/mol. The summed E-state index contributed by atoms with van der Waals surface area (Å²) in [6.45, 7) is 4.30. The Labute approximate surface area is 90.5 Å². The summed E-state index contributed by atoms with van der Waals surface area (Å²) < 4.78 is 11.1. The molecular formula is C13H16O2. The van der Waals surface area contributed by atoms with E-state index in [4.69, 9.17) is 9.47 Å². The Morgan fingerprint density at radius 1 is 1.27 bits per heavy atom. The van der Waals surface area contributed by atoms with Crippen molar-refractivity contribution in [3.05, 3.63) is 41.7 Å². The van der Waals surface area contributed by atoms with E-state index in [1.54, 1.807) is 7.11 Å². The number of hydrogen-bond donors (Lipinski definition) is 0. The molecule has 0 aliphatic carbocycles. The van der Waals surface area contributed by atoms with Crippen LogP contribution in [-0.4, -0.2) is 7.11 Å². The van der Waals surface area contributed by atoms with E-state index in [9.17, 15) is 0 Å². The van der Waals surface area contributed by atoms with Crippen molar-refractivity contribution in [2.24, 2.45) is 5.92 Å². The second kappa shape index (κ2) is 4.07. The predicted molar refractivity (Wildman–Crippen MR) is 59.7 cm³/mol. The van der Waals surface area contributed by atoms with Gasteiger partial charge < -0.3 is 9.47 Å². The quantitative estimate of drug-likeness (QED) is 0.735. The first-order valence-electron chi connectivity index (χ1n) is 5.22. The first-order valence-corrected chi connectivity index (χ1v) is 5.22. The molecule has 2 nitrogen and oxygen atoms in total. The summed E-state index contributed by atoms with van der Waals surface area (Å²) in [6.07, 6.45) is 1.86. The lowest BCUT2D eigenvalue weighted by atomic mass is 9.92. The maximum Gasteiger partial charge on any atom is 0.132 e. The first kappa shape index (κ1) is 10.2. The largest absolute Gasteiger partial charge is 0.465 e. The van der Waals surface area contributed by atoms with E-state index < -0.39 is 0 Å². The van der Waals surface area contributed by atoms with Gasteiger partial charge in [-0.2, -0.15) is 0 Å². The van der Waals surface area contributed by atoms with Gasteiger partial charge in [-0.3, -0.25) is 0 Å². The van der Waals surface area contributed by atoms with Gasteiger partial charge in [-0.1, -0.05) is 32.0 Å². The molecule has 1 heterocycles. The van der Waals surface area contributed by atoms with Gasteiger partial charge in [-0.15, -0.1) is 0 Å². The van der Waals surface area contributed by atoms with Crippen molar-refractivity contribution in [1.29, 1.82) is 0 Å². The molecule has 1 atom stereocenters. The number of ether oxygens (including phenoxy) is 2. The standard InChI is InChI=1S/C13H16O2/c1-9(2)11-8-15-12-7-5-4-6-10(12)13(11)14-3/h4-9,13H,1-3H3. The zero-order chi connectivity index (χ0) is 10.8. The van der Waals surface area contributed by atoms with Crippen molar-refractivity contribution in [3.8, 4) is 5.75 Å². The van der Waals surface area contributed by atoms with Crippen LogP contribution in [-0.2, 0) is 4.74 Å². The van der Waals surface area contributed by atoms with Gasteiger partial charge in [-0.05, 0) is 12.0 Å². The lowest BCUT2D eigenvalue weighted by Crippen LogP contribution is -2.15. The van der Waals surface area contributed by atoms with Crippen molar-refractivity contribution in [1.82, 2.24) is 0 Å². The number of rotatable bonds is 2. The fourth-order valence-electron chi connectivity index (χ4n) is 1.88. The van der Waals surface area contributed by atoms with Crippen LogP contribution in [0.1, 0.15) is 25.5 Å². The third-order valence-electron chi connectivity index (χ3n) is 2.73. The van der Waals surface area contributed by atoms with Crippen LogP contribution >= 0.6 is 0 Å². The molecule has 0 aromatic heterocycles. The third-order valence-corrected chi connectivity index (χ3v) is 2.73. The molecule has 2 rings (SSSR count). The topological polar surface area (TPSA) is 18.5 Å². The molecule has 2 heteroatoms. The molecule has 15 heavy (non-hydrogen) atoms. The first-order chi connectivity index (χ1) is 7.24.